The normalized spacial score (nSPS) is 16.8. The zero-order valence-electron chi connectivity index (χ0n) is 18.9. The van der Waals surface area contributed by atoms with Crippen LogP contribution in [0.1, 0.15) is 33.6 Å². The maximum Gasteiger partial charge on any atom is 0.283 e. The minimum Gasteiger partial charge on any atom is -0.318 e. The largest absolute Gasteiger partial charge is 0.318 e. The van der Waals surface area contributed by atoms with Crippen molar-refractivity contribution in [2.45, 2.75) is 27.7 Å². The van der Waals surface area contributed by atoms with Gasteiger partial charge >= 0.3 is 0 Å². The monoisotopic (exact) mass is 453 g/mol. The average Bonchev–Trinajstić information content (AvgIpc) is 3.33. The summed E-state index contributed by atoms with van der Waals surface area (Å²) in [5.41, 5.74) is 7.51. The van der Waals surface area contributed by atoms with Gasteiger partial charge in [0.1, 0.15) is 5.04 Å². The van der Waals surface area contributed by atoms with Gasteiger partial charge in [-0.2, -0.15) is 15.1 Å². The molecule has 164 valence electrons. The number of carbonyl (C=O) groups is 1. The zero-order chi connectivity index (χ0) is 23.3. The van der Waals surface area contributed by atoms with E-state index in [-0.39, 0.29) is 11.4 Å². The molecule has 0 unspecified atom stereocenters. The van der Waals surface area contributed by atoms with Gasteiger partial charge in [0.05, 0.1) is 5.57 Å². The van der Waals surface area contributed by atoms with E-state index in [2.05, 4.69) is 45.9 Å². The molecule has 0 radical (unpaired) electrons. The Kier molecular flexibility index (Phi) is 5.13. The number of aliphatic imine (C=N–C) groups is 1. The van der Waals surface area contributed by atoms with Gasteiger partial charge < -0.3 is 4.57 Å². The Hall–Kier alpha value is -3.71. The molecule has 0 aliphatic carbocycles. The third kappa shape index (κ3) is 3.74. The zero-order valence-corrected chi connectivity index (χ0v) is 19.7. The molecule has 7 heteroatoms. The number of hydrazone groups is 1. The maximum absolute atomic E-state index is 12.9. The van der Waals surface area contributed by atoms with Crippen molar-refractivity contribution in [2.75, 3.05) is 0 Å². The van der Waals surface area contributed by atoms with E-state index in [1.807, 2.05) is 51.1 Å². The first-order valence-electron chi connectivity index (χ1n) is 10.6. The van der Waals surface area contributed by atoms with E-state index in [0.29, 0.717) is 5.17 Å². The lowest BCUT2D eigenvalue weighted by Crippen LogP contribution is -2.35. The summed E-state index contributed by atoms with van der Waals surface area (Å²) in [6, 6.07) is 18.4. The van der Waals surface area contributed by atoms with Gasteiger partial charge in [0.2, 0.25) is 5.17 Å². The standard InChI is InChI=1S/C26H23N5OS/c1-15-8-10-21(11-9-15)30-17(3)13-20(18(30)4)14-22-23(27)31-26(28-24(22)32)33-25(29-31)19-7-5-6-16(2)12-19/h5-14,27H,1-4H3/b22-14-,27-23?. The van der Waals surface area contributed by atoms with Gasteiger partial charge in [0.15, 0.2) is 5.84 Å². The van der Waals surface area contributed by atoms with Gasteiger partial charge in [-0.1, -0.05) is 41.5 Å². The number of fused-ring (bicyclic) bond motifs is 1. The highest BCUT2D eigenvalue weighted by molar-refractivity contribution is 8.27. The molecule has 0 saturated heterocycles. The fourth-order valence-electron chi connectivity index (χ4n) is 4.07. The second-order valence-electron chi connectivity index (χ2n) is 8.29. The highest BCUT2D eigenvalue weighted by Crippen LogP contribution is 2.32. The van der Waals surface area contributed by atoms with Crippen molar-refractivity contribution in [3.8, 4) is 5.69 Å². The lowest BCUT2D eigenvalue weighted by atomic mass is 10.1. The highest BCUT2D eigenvalue weighted by Gasteiger charge is 2.36. The van der Waals surface area contributed by atoms with Gasteiger partial charge in [-0.3, -0.25) is 10.2 Å². The van der Waals surface area contributed by atoms with Crippen molar-refractivity contribution in [2.24, 2.45) is 10.1 Å². The van der Waals surface area contributed by atoms with E-state index >= 15 is 0 Å². The van der Waals surface area contributed by atoms with E-state index in [9.17, 15) is 4.79 Å². The summed E-state index contributed by atoms with van der Waals surface area (Å²) in [6.07, 6.45) is 1.75. The Bertz CT molecular complexity index is 1410. The molecule has 2 aliphatic heterocycles. The number of nitrogens with one attached hydrogen (secondary N) is 1. The van der Waals surface area contributed by atoms with E-state index in [1.54, 1.807) is 6.08 Å². The average molecular weight is 454 g/mol. The van der Waals surface area contributed by atoms with E-state index in [0.717, 1.165) is 38.8 Å². The molecule has 2 aromatic carbocycles. The van der Waals surface area contributed by atoms with Crippen molar-refractivity contribution in [1.82, 2.24) is 9.58 Å². The molecule has 1 N–H and O–H groups in total. The first-order valence-corrected chi connectivity index (χ1v) is 11.5. The number of thioether (sulfide) groups is 1. The number of carbonyl (C=O) groups excluding carboxylic acids is 1. The number of aromatic nitrogens is 1. The van der Waals surface area contributed by atoms with Gasteiger partial charge in [-0.25, -0.2) is 0 Å². The molecule has 0 saturated carbocycles. The van der Waals surface area contributed by atoms with Crippen LogP contribution in [0.3, 0.4) is 0 Å². The van der Waals surface area contributed by atoms with E-state index in [4.69, 9.17) is 5.41 Å². The summed E-state index contributed by atoms with van der Waals surface area (Å²) < 4.78 is 2.15. The third-order valence-electron chi connectivity index (χ3n) is 5.78. The molecule has 1 amide bonds. The van der Waals surface area contributed by atoms with Gasteiger partial charge in [0, 0.05) is 22.6 Å². The summed E-state index contributed by atoms with van der Waals surface area (Å²) in [4.78, 5) is 17.1. The van der Waals surface area contributed by atoms with Crippen LogP contribution in [0.25, 0.3) is 11.8 Å². The molecular weight excluding hydrogens is 430 g/mol. The number of benzene rings is 2. The lowest BCUT2D eigenvalue weighted by molar-refractivity contribution is -0.114. The van der Waals surface area contributed by atoms with Crippen LogP contribution in [0.4, 0.5) is 0 Å². The quantitative estimate of drug-likeness (QED) is 0.541. The predicted molar refractivity (Wildman–Crippen MR) is 135 cm³/mol. The van der Waals surface area contributed by atoms with Crippen LogP contribution in [-0.2, 0) is 4.79 Å². The van der Waals surface area contributed by atoms with E-state index < -0.39 is 5.91 Å². The highest BCUT2D eigenvalue weighted by atomic mass is 32.2. The Balaban J connectivity index is 1.51. The minimum atomic E-state index is -0.417. The fourth-order valence-corrected chi connectivity index (χ4v) is 4.95. The third-order valence-corrected chi connectivity index (χ3v) is 6.74. The Morgan fingerprint density at radius 1 is 0.970 bits per heavy atom. The van der Waals surface area contributed by atoms with Crippen LogP contribution in [0.5, 0.6) is 0 Å². The van der Waals surface area contributed by atoms with Crippen molar-refractivity contribution in [3.63, 3.8) is 0 Å². The number of hydrogen-bond donors (Lipinski definition) is 1. The maximum atomic E-state index is 12.9. The van der Waals surface area contributed by atoms with E-state index in [1.165, 1.54) is 22.3 Å². The molecule has 2 aliphatic rings. The van der Waals surface area contributed by atoms with Crippen molar-refractivity contribution >= 4 is 39.8 Å². The second kappa shape index (κ2) is 8.01. The molecular formula is C26H23N5OS. The van der Waals surface area contributed by atoms with Crippen molar-refractivity contribution in [1.29, 1.82) is 5.41 Å². The van der Waals surface area contributed by atoms with Crippen molar-refractivity contribution < 1.29 is 4.79 Å². The SMILES string of the molecule is Cc1ccc(-n2c(C)cc(/C=C3/C(=N)N4N=C(c5cccc(C)c5)SC4=NC3=O)c2C)cc1. The van der Waals surface area contributed by atoms with Crippen molar-refractivity contribution in [3.05, 3.63) is 93.8 Å². The fraction of sp³-hybridized carbons (Fsp3) is 0.154. The molecule has 5 rings (SSSR count). The van der Waals surface area contributed by atoms with Gasteiger partial charge in [-0.05, 0) is 75.4 Å². The molecule has 0 bridgehead atoms. The summed E-state index contributed by atoms with van der Waals surface area (Å²) in [5.74, 6) is -0.375. The predicted octanol–water partition coefficient (Wildman–Crippen LogP) is 5.38. The topological polar surface area (TPSA) is 73.8 Å². The Morgan fingerprint density at radius 3 is 2.45 bits per heavy atom. The minimum absolute atomic E-state index is 0.0419. The second-order valence-corrected chi connectivity index (χ2v) is 9.25. The van der Waals surface area contributed by atoms with Crippen LogP contribution in [-0.4, -0.2) is 31.5 Å². The Morgan fingerprint density at radius 2 is 1.73 bits per heavy atom. The molecule has 33 heavy (non-hydrogen) atoms. The van der Waals surface area contributed by atoms with Gasteiger partial charge in [-0.15, -0.1) is 0 Å². The molecule has 1 aromatic heterocycles. The summed E-state index contributed by atoms with van der Waals surface area (Å²) in [6.45, 7) is 8.14. The van der Waals surface area contributed by atoms with Crippen LogP contribution in [0.15, 0.2) is 70.3 Å². The first kappa shape index (κ1) is 21.2. The first-order chi connectivity index (χ1) is 15.8. The van der Waals surface area contributed by atoms with Gasteiger partial charge in [0.25, 0.3) is 5.91 Å². The number of amides is 1. The summed E-state index contributed by atoms with van der Waals surface area (Å²) in [7, 11) is 0. The van der Waals surface area contributed by atoms with Crippen LogP contribution in [0.2, 0.25) is 0 Å². The number of aryl methyl sites for hydroxylation is 3. The number of nitrogens with zero attached hydrogens (tertiary/aromatic N) is 4. The van der Waals surface area contributed by atoms with Crippen LogP contribution in [0, 0.1) is 33.1 Å². The van der Waals surface area contributed by atoms with Crippen LogP contribution >= 0.6 is 11.8 Å². The number of rotatable bonds is 3. The smallest absolute Gasteiger partial charge is 0.283 e. The molecule has 6 nitrogen and oxygen atoms in total. The molecule has 0 atom stereocenters. The lowest BCUT2D eigenvalue weighted by Gasteiger charge is -2.20. The molecule has 3 heterocycles. The molecule has 0 spiro atoms. The molecule has 0 fully saturated rings. The number of hydrogen-bond acceptors (Lipinski definition) is 4. The molecule has 3 aromatic rings. The van der Waals surface area contributed by atoms with Crippen LogP contribution < -0.4 is 0 Å². The Labute approximate surface area is 196 Å². The summed E-state index contributed by atoms with van der Waals surface area (Å²) in [5, 5.41) is 15.9. The summed E-state index contributed by atoms with van der Waals surface area (Å²) >= 11 is 1.31. The number of amidine groups is 2.